The molecule has 0 saturated heterocycles. The molecular formula is C17H16BrN3O3. The highest BCUT2D eigenvalue weighted by molar-refractivity contribution is 9.10. The molecule has 0 aliphatic carbocycles. The Morgan fingerprint density at radius 3 is 2.92 bits per heavy atom. The Kier molecular flexibility index (Phi) is 4.53. The van der Waals surface area contributed by atoms with Crippen LogP contribution in [0, 0.1) is 13.8 Å². The first-order valence-corrected chi connectivity index (χ1v) is 8.21. The van der Waals surface area contributed by atoms with Crippen LogP contribution >= 0.6 is 15.9 Å². The number of carbonyl (C=O) groups is 2. The topological polar surface area (TPSA) is 71.5 Å². The third-order valence-corrected chi connectivity index (χ3v) is 4.34. The van der Waals surface area contributed by atoms with E-state index in [9.17, 15) is 9.59 Å². The largest absolute Gasteiger partial charge is 0.480 e. The number of nitrogens with one attached hydrogen (secondary N) is 1. The standard InChI is InChI=1S/C17H16BrN3O3/c1-10-4-3-5-12(11(10)2)19-15(22)8-21-16(23)9-24-13-6-7-14(18)20-17(13)21/h3-7H,8-9H2,1-2H3,(H,19,22). The van der Waals surface area contributed by atoms with Gasteiger partial charge in [-0.05, 0) is 59.1 Å². The number of pyridine rings is 1. The number of benzene rings is 1. The van der Waals surface area contributed by atoms with Gasteiger partial charge in [0.15, 0.2) is 18.2 Å². The van der Waals surface area contributed by atoms with Crippen LogP contribution in [0.1, 0.15) is 11.1 Å². The van der Waals surface area contributed by atoms with Gasteiger partial charge in [0.05, 0.1) is 0 Å². The minimum Gasteiger partial charge on any atom is -0.480 e. The van der Waals surface area contributed by atoms with Crippen LogP contribution in [0.5, 0.6) is 5.75 Å². The van der Waals surface area contributed by atoms with Crippen molar-refractivity contribution in [2.24, 2.45) is 0 Å². The number of rotatable bonds is 3. The second-order valence-corrected chi connectivity index (χ2v) is 6.33. The molecule has 3 rings (SSSR count). The molecule has 0 spiro atoms. The molecule has 1 aromatic heterocycles. The molecule has 0 unspecified atom stereocenters. The van der Waals surface area contributed by atoms with Crippen molar-refractivity contribution >= 4 is 39.2 Å². The molecule has 124 valence electrons. The van der Waals surface area contributed by atoms with Gasteiger partial charge in [-0.2, -0.15) is 0 Å². The lowest BCUT2D eigenvalue weighted by Gasteiger charge is -2.27. The first-order valence-electron chi connectivity index (χ1n) is 7.41. The zero-order valence-corrected chi connectivity index (χ0v) is 14.9. The van der Waals surface area contributed by atoms with Crippen molar-refractivity contribution in [1.82, 2.24) is 4.98 Å². The van der Waals surface area contributed by atoms with E-state index in [1.54, 1.807) is 12.1 Å². The number of nitrogens with zero attached hydrogens (tertiary/aromatic N) is 2. The summed E-state index contributed by atoms with van der Waals surface area (Å²) in [5.74, 6) is 0.241. The van der Waals surface area contributed by atoms with Crippen molar-refractivity contribution in [2.75, 3.05) is 23.4 Å². The summed E-state index contributed by atoms with van der Waals surface area (Å²) in [5.41, 5.74) is 2.83. The lowest BCUT2D eigenvalue weighted by Crippen LogP contribution is -2.44. The van der Waals surface area contributed by atoms with Gasteiger partial charge in [0.25, 0.3) is 5.91 Å². The van der Waals surface area contributed by atoms with Crippen LogP contribution in [0.4, 0.5) is 11.5 Å². The Hall–Kier alpha value is -2.41. The van der Waals surface area contributed by atoms with Crippen LogP contribution < -0.4 is 15.0 Å². The molecule has 2 aromatic rings. The second kappa shape index (κ2) is 6.60. The van der Waals surface area contributed by atoms with Crippen LogP contribution in [-0.2, 0) is 9.59 Å². The molecule has 0 radical (unpaired) electrons. The van der Waals surface area contributed by atoms with Crippen molar-refractivity contribution in [3.8, 4) is 5.75 Å². The molecule has 0 bridgehead atoms. The normalized spacial score (nSPS) is 13.3. The summed E-state index contributed by atoms with van der Waals surface area (Å²) >= 11 is 3.27. The fourth-order valence-corrected chi connectivity index (χ4v) is 2.74. The second-order valence-electron chi connectivity index (χ2n) is 5.52. The zero-order chi connectivity index (χ0) is 17.3. The van der Waals surface area contributed by atoms with Gasteiger partial charge in [0.1, 0.15) is 11.1 Å². The fraction of sp³-hybridized carbons (Fsp3) is 0.235. The number of halogens is 1. The van der Waals surface area contributed by atoms with E-state index in [0.717, 1.165) is 16.8 Å². The quantitative estimate of drug-likeness (QED) is 0.819. The number of aromatic nitrogens is 1. The number of carbonyl (C=O) groups excluding carboxylic acids is 2. The summed E-state index contributed by atoms with van der Waals surface area (Å²) in [6, 6.07) is 9.14. The summed E-state index contributed by atoms with van der Waals surface area (Å²) in [4.78, 5) is 30.1. The average Bonchev–Trinajstić information content (AvgIpc) is 2.55. The van der Waals surface area contributed by atoms with E-state index in [1.807, 2.05) is 32.0 Å². The van der Waals surface area contributed by atoms with Crippen molar-refractivity contribution in [3.63, 3.8) is 0 Å². The number of hydrogen-bond donors (Lipinski definition) is 1. The van der Waals surface area contributed by atoms with Gasteiger partial charge in [-0.3, -0.25) is 14.5 Å². The smallest absolute Gasteiger partial charge is 0.266 e. The number of aryl methyl sites for hydroxylation is 1. The van der Waals surface area contributed by atoms with Crippen LogP contribution in [0.15, 0.2) is 34.9 Å². The third kappa shape index (κ3) is 3.26. The zero-order valence-electron chi connectivity index (χ0n) is 13.3. The SMILES string of the molecule is Cc1cccc(NC(=O)CN2C(=O)COc3ccc(Br)nc32)c1C. The number of fused-ring (bicyclic) bond motifs is 1. The van der Waals surface area contributed by atoms with E-state index in [-0.39, 0.29) is 25.0 Å². The maximum Gasteiger partial charge on any atom is 0.266 e. The van der Waals surface area contributed by atoms with Gasteiger partial charge >= 0.3 is 0 Å². The molecule has 24 heavy (non-hydrogen) atoms. The monoisotopic (exact) mass is 389 g/mol. The first kappa shape index (κ1) is 16.4. The summed E-state index contributed by atoms with van der Waals surface area (Å²) in [6.07, 6.45) is 0. The molecule has 2 heterocycles. The highest BCUT2D eigenvalue weighted by Crippen LogP contribution is 2.31. The summed E-state index contributed by atoms with van der Waals surface area (Å²) in [5, 5.41) is 2.85. The Morgan fingerprint density at radius 1 is 1.33 bits per heavy atom. The van der Waals surface area contributed by atoms with Crippen molar-refractivity contribution < 1.29 is 14.3 Å². The summed E-state index contributed by atoms with van der Waals surface area (Å²) < 4.78 is 5.92. The van der Waals surface area contributed by atoms with Crippen LogP contribution in [0.2, 0.25) is 0 Å². The van der Waals surface area contributed by atoms with Crippen LogP contribution in [0.25, 0.3) is 0 Å². The summed E-state index contributed by atoms with van der Waals surface area (Å²) in [7, 11) is 0. The number of anilines is 2. The minimum absolute atomic E-state index is 0.104. The van der Waals surface area contributed by atoms with Gasteiger partial charge in [-0.25, -0.2) is 4.98 Å². The Balaban J connectivity index is 1.80. The molecule has 1 N–H and O–H groups in total. The van der Waals surface area contributed by atoms with E-state index in [0.29, 0.717) is 16.2 Å². The van der Waals surface area contributed by atoms with E-state index in [2.05, 4.69) is 26.2 Å². The molecule has 7 heteroatoms. The number of amides is 2. The maximum absolute atomic E-state index is 12.4. The summed E-state index contributed by atoms with van der Waals surface area (Å²) in [6.45, 7) is 3.70. The minimum atomic E-state index is -0.302. The van der Waals surface area contributed by atoms with Gasteiger partial charge in [-0.1, -0.05) is 12.1 Å². The third-order valence-electron chi connectivity index (χ3n) is 3.89. The lowest BCUT2D eigenvalue weighted by molar-refractivity contribution is -0.123. The van der Waals surface area contributed by atoms with Crippen molar-refractivity contribution in [3.05, 3.63) is 46.1 Å². The van der Waals surface area contributed by atoms with Gasteiger partial charge in [-0.15, -0.1) is 0 Å². The molecule has 1 aliphatic rings. The Bertz CT molecular complexity index is 823. The maximum atomic E-state index is 12.4. The molecule has 6 nitrogen and oxygen atoms in total. The molecule has 0 fully saturated rings. The van der Waals surface area contributed by atoms with Crippen LogP contribution in [0.3, 0.4) is 0 Å². The average molecular weight is 390 g/mol. The van der Waals surface area contributed by atoms with E-state index >= 15 is 0 Å². The lowest BCUT2D eigenvalue weighted by atomic mass is 10.1. The van der Waals surface area contributed by atoms with Gasteiger partial charge < -0.3 is 10.1 Å². The van der Waals surface area contributed by atoms with Crippen molar-refractivity contribution in [2.45, 2.75) is 13.8 Å². The van der Waals surface area contributed by atoms with E-state index < -0.39 is 0 Å². The Morgan fingerprint density at radius 2 is 2.12 bits per heavy atom. The van der Waals surface area contributed by atoms with E-state index in [1.165, 1.54) is 4.90 Å². The Labute approximate surface area is 148 Å². The number of ether oxygens (including phenoxy) is 1. The fourth-order valence-electron chi connectivity index (χ4n) is 2.44. The molecule has 2 amide bonds. The highest BCUT2D eigenvalue weighted by atomic mass is 79.9. The van der Waals surface area contributed by atoms with Crippen LogP contribution in [-0.4, -0.2) is 29.9 Å². The molecule has 0 saturated carbocycles. The highest BCUT2D eigenvalue weighted by Gasteiger charge is 2.29. The van der Waals surface area contributed by atoms with E-state index in [4.69, 9.17) is 4.74 Å². The molecule has 0 atom stereocenters. The van der Waals surface area contributed by atoms with Crippen molar-refractivity contribution in [1.29, 1.82) is 0 Å². The molecular weight excluding hydrogens is 374 g/mol. The molecule has 1 aliphatic heterocycles. The van der Waals surface area contributed by atoms with Gasteiger partial charge in [0, 0.05) is 5.69 Å². The number of hydrogen-bond acceptors (Lipinski definition) is 4. The molecule has 1 aromatic carbocycles. The predicted octanol–water partition coefficient (Wildman–Crippen LogP) is 2.83. The first-order chi connectivity index (χ1) is 11.5. The van der Waals surface area contributed by atoms with Gasteiger partial charge in [0.2, 0.25) is 5.91 Å². The predicted molar refractivity (Wildman–Crippen MR) is 94.3 cm³/mol.